The highest BCUT2D eigenvalue weighted by molar-refractivity contribution is 6.30. The molecule has 0 aliphatic rings. The Morgan fingerprint density at radius 2 is 2.33 bits per heavy atom. The van der Waals surface area contributed by atoms with Crippen molar-refractivity contribution in [1.29, 1.82) is 0 Å². The van der Waals surface area contributed by atoms with Crippen molar-refractivity contribution in [2.45, 2.75) is 13.3 Å². The molecule has 0 aliphatic heterocycles. The van der Waals surface area contributed by atoms with Gasteiger partial charge in [-0.05, 0) is 0 Å². The molecule has 0 saturated heterocycles. The van der Waals surface area contributed by atoms with Crippen LogP contribution in [0.3, 0.4) is 0 Å². The van der Waals surface area contributed by atoms with Crippen LogP contribution in [0, 0.1) is 0 Å². The molecule has 78 valence electrons. The zero-order valence-electron chi connectivity index (χ0n) is 7.81. The summed E-state index contributed by atoms with van der Waals surface area (Å²) in [5, 5.41) is 13.0. The first-order chi connectivity index (χ1) is 7.11. The van der Waals surface area contributed by atoms with Gasteiger partial charge in [-0.3, -0.25) is 0 Å². The number of nitrogens with zero attached hydrogens (tertiary/aromatic N) is 4. The maximum Gasteiger partial charge on any atom is 0.354 e. The predicted octanol–water partition coefficient (Wildman–Crippen LogP) is 1.04. The zero-order chi connectivity index (χ0) is 11.0. The van der Waals surface area contributed by atoms with E-state index in [1.165, 1.54) is 10.6 Å². The molecular weight excluding hydrogens is 220 g/mol. The van der Waals surface area contributed by atoms with Gasteiger partial charge in [-0.1, -0.05) is 18.5 Å². The lowest BCUT2D eigenvalue weighted by Gasteiger charge is -1.96. The maximum absolute atomic E-state index is 10.7. The Labute approximate surface area is 89.5 Å². The van der Waals surface area contributed by atoms with Gasteiger partial charge in [0.1, 0.15) is 5.15 Å². The molecule has 1 N–H and O–H groups in total. The van der Waals surface area contributed by atoms with Crippen LogP contribution in [0.5, 0.6) is 0 Å². The topological polar surface area (TPSA) is 80.4 Å². The van der Waals surface area contributed by atoms with Gasteiger partial charge in [0.05, 0.1) is 0 Å². The molecule has 2 aromatic heterocycles. The van der Waals surface area contributed by atoms with Gasteiger partial charge in [0.25, 0.3) is 5.78 Å². The molecule has 0 saturated carbocycles. The maximum atomic E-state index is 10.7. The molecule has 0 fully saturated rings. The average molecular weight is 227 g/mol. The average Bonchev–Trinajstić information content (AvgIpc) is 2.61. The van der Waals surface area contributed by atoms with Crippen molar-refractivity contribution in [2.24, 2.45) is 0 Å². The van der Waals surface area contributed by atoms with Crippen molar-refractivity contribution >= 4 is 23.3 Å². The molecule has 15 heavy (non-hydrogen) atoms. The fourth-order valence-corrected chi connectivity index (χ4v) is 1.35. The summed E-state index contributed by atoms with van der Waals surface area (Å²) in [6, 6.07) is 1.24. The van der Waals surface area contributed by atoms with E-state index in [1.54, 1.807) is 0 Å². The number of carbonyl (C=O) groups is 1. The van der Waals surface area contributed by atoms with Gasteiger partial charge in [0.2, 0.25) is 0 Å². The van der Waals surface area contributed by atoms with Crippen LogP contribution in [0.1, 0.15) is 23.2 Å². The number of aryl methyl sites for hydroxylation is 1. The van der Waals surface area contributed by atoms with Gasteiger partial charge in [0, 0.05) is 12.5 Å². The summed E-state index contributed by atoms with van der Waals surface area (Å²) >= 11 is 5.83. The first-order valence-corrected chi connectivity index (χ1v) is 4.65. The minimum atomic E-state index is -1.14. The third-order valence-electron chi connectivity index (χ3n) is 1.85. The summed E-state index contributed by atoms with van der Waals surface area (Å²) in [5.74, 6) is -0.357. The van der Waals surface area contributed by atoms with Crippen molar-refractivity contribution in [3.05, 3.63) is 22.7 Å². The lowest BCUT2D eigenvalue weighted by Crippen LogP contribution is -2.03. The van der Waals surface area contributed by atoms with Crippen LogP contribution >= 0.6 is 11.6 Å². The fourth-order valence-electron chi connectivity index (χ4n) is 1.13. The van der Waals surface area contributed by atoms with E-state index in [0.717, 1.165) is 0 Å². The normalized spacial score (nSPS) is 10.8. The second-order valence-corrected chi connectivity index (χ2v) is 3.25. The minimum absolute atomic E-state index is 0.137. The molecule has 0 aliphatic carbocycles. The molecule has 0 radical (unpaired) electrons. The first-order valence-electron chi connectivity index (χ1n) is 4.27. The van der Waals surface area contributed by atoms with Crippen molar-refractivity contribution in [2.75, 3.05) is 0 Å². The van der Waals surface area contributed by atoms with E-state index in [1.807, 2.05) is 6.92 Å². The Morgan fingerprint density at radius 1 is 1.60 bits per heavy atom. The molecule has 0 unspecified atom stereocenters. The summed E-state index contributed by atoms with van der Waals surface area (Å²) in [6.45, 7) is 1.89. The van der Waals surface area contributed by atoms with Gasteiger partial charge < -0.3 is 5.11 Å². The second kappa shape index (κ2) is 3.47. The standard InChI is InChI=1S/C8H7ClN4O2/c1-2-6-11-8-10-4(7(14)15)3-5(9)13(8)12-6/h3H,2H2,1H3,(H,14,15). The number of rotatable bonds is 2. The fraction of sp³-hybridized carbons (Fsp3) is 0.250. The molecule has 7 heteroatoms. The van der Waals surface area contributed by atoms with Gasteiger partial charge in [-0.2, -0.15) is 9.50 Å². The highest BCUT2D eigenvalue weighted by Gasteiger charge is 2.12. The number of aromatic carboxylic acids is 1. The number of fused-ring (bicyclic) bond motifs is 1. The second-order valence-electron chi connectivity index (χ2n) is 2.86. The highest BCUT2D eigenvalue weighted by Crippen LogP contribution is 2.12. The highest BCUT2D eigenvalue weighted by atomic mass is 35.5. The molecule has 6 nitrogen and oxygen atoms in total. The lowest BCUT2D eigenvalue weighted by atomic mass is 10.4. The van der Waals surface area contributed by atoms with Crippen LogP contribution in [-0.2, 0) is 6.42 Å². The van der Waals surface area contributed by atoms with E-state index in [2.05, 4.69) is 15.1 Å². The monoisotopic (exact) mass is 226 g/mol. The predicted molar refractivity (Wildman–Crippen MR) is 52.1 cm³/mol. The number of halogens is 1. The van der Waals surface area contributed by atoms with Crippen molar-refractivity contribution < 1.29 is 9.90 Å². The van der Waals surface area contributed by atoms with Gasteiger partial charge >= 0.3 is 5.97 Å². The molecule has 2 rings (SSSR count). The molecular formula is C8H7ClN4O2. The lowest BCUT2D eigenvalue weighted by molar-refractivity contribution is 0.0690. The number of hydrogen-bond donors (Lipinski definition) is 1. The quantitative estimate of drug-likeness (QED) is 0.774. The van der Waals surface area contributed by atoms with Crippen molar-refractivity contribution in [3.8, 4) is 0 Å². The molecule has 0 aromatic carbocycles. The van der Waals surface area contributed by atoms with E-state index in [-0.39, 0.29) is 16.6 Å². The Bertz CT molecular complexity index is 537. The smallest absolute Gasteiger partial charge is 0.354 e. The Morgan fingerprint density at radius 3 is 2.93 bits per heavy atom. The molecule has 2 aromatic rings. The van der Waals surface area contributed by atoms with Crippen molar-refractivity contribution in [1.82, 2.24) is 19.6 Å². The number of aromatic nitrogens is 4. The molecule has 0 atom stereocenters. The molecule has 2 heterocycles. The van der Waals surface area contributed by atoms with E-state index < -0.39 is 5.97 Å². The Kier molecular flexibility index (Phi) is 2.28. The molecule has 0 spiro atoms. The van der Waals surface area contributed by atoms with Crippen LogP contribution in [0.4, 0.5) is 0 Å². The number of carboxylic acids is 1. The number of carboxylic acid groups (broad SMARTS) is 1. The summed E-state index contributed by atoms with van der Waals surface area (Å²) in [5.41, 5.74) is -0.137. The van der Waals surface area contributed by atoms with E-state index in [4.69, 9.17) is 16.7 Å². The first kappa shape index (κ1) is 9.85. The van der Waals surface area contributed by atoms with Crippen LogP contribution < -0.4 is 0 Å². The molecule has 0 bridgehead atoms. The van der Waals surface area contributed by atoms with E-state index in [9.17, 15) is 4.79 Å². The minimum Gasteiger partial charge on any atom is -0.477 e. The summed E-state index contributed by atoms with van der Waals surface area (Å²) in [6.07, 6.45) is 0.641. The van der Waals surface area contributed by atoms with Crippen molar-refractivity contribution in [3.63, 3.8) is 0 Å². The van der Waals surface area contributed by atoms with E-state index >= 15 is 0 Å². The zero-order valence-corrected chi connectivity index (χ0v) is 8.56. The van der Waals surface area contributed by atoms with Crippen LogP contribution in [0.25, 0.3) is 5.78 Å². The van der Waals surface area contributed by atoms with Crippen LogP contribution in [0.2, 0.25) is 5.15 Å². The Hall–Kier alpha value is -1.69. The SMILES string of the molecule is CCc1nc2nc(C(=O)O)cc(Cl)n2n1. The van der Waals surface area contributed by atoms with Gasteiger partial charge in [0.15, 0.2) is 11.5 Å². The summed E-state index contributed by atoms with van der Waals surface area (Å²) in [4.78, 5) is 18.5. The molecule has 0 amide bonds. The number of hydrogen-bond acceptors (Lipinski definition) is 4. The van der Waals surface area contributed by atoms with Crippen LogP contribution in [0.15, 0.2) is 6.07 Å². The summed E-state index contributed by atoms with van der Waals surface area (Å²) in [7, 11) is 0. The van der Waals surface area contributed by atoms with Crippen LogP contribution in [-0.4, -0.2) is 30.7 Å². The largest absolute Gasteiger partial charge is 0.477 e. The van der Waals surface area contributed by atoms with Gasteiger partial charge in [-0.25, -0.2) is 9.78 Å². The summed E-state index contributed by atoms with van der Waals surface area (Å²) < 4.78 is 1.31. The third kappa shape index (κ3) is 1.63. The Balaban J connectivity index is 2.70. The van der Waals surface area contributed by atoms with E-state index in [0.29, 0.717) is 12.2 Å². The van der Waals surface area contributed by atoms with Gasteiger partial charge in [-0.15, -0.1) is 5.10 Å². The third-order valence-corrected chi connectivity index (χ3v) is 2.12.